The van der Waals surface area contributed by atoms with Crippen molar-refractivity contribution in [3.63, 3.8) is 0 Å². The fourth-order valence-corrected chi connectivity index (χ4v) is 3.08. The highest BCUT2D eigenvalue weighted by atomic mass is 32.1. The Balaban J connectivity index is 1.78. The second kappa shape index (κ2) is 6.24. The van der Waals surface area contributed by atoms with E-state index in [9.17, 15) is 0 Å². The number of ether oxygens (including phenoxy) is 1. The molecule has 3 nitrogen and oxygen atoms in total. The van der Waals surface area contributed by atoms with Gasteiger partial charge in [-0.2, -0.15) is 0 Å². The minimum Gasteiger partial charge on any atom is -0.494 e. The molecule has 0 fully saturated rings. The normalized spacial score (nSPS) is 12.5. The first-order valence-corrected chi connectivity index (χ1v) is 7.85. The third kappa shape index (κ3) is 3.06. The van der Waals surface area contributed by atoms with Gasteiger partial charge in [-0.25, -0.2) is 4.98 Å². The fraction of sp³-hybridized carbons (Fsp3) is 0.235. The number of pyridine rings is 1. The largest absolute Gasteiger partial charge is 0.494 e. The lowest BCUT2D eigenvalue weighted by molar-refractivity contribution is 0.418. The van der Waals surface area contributed by atoms with Crippen LogP contribution in [-0.4, -0.2) is 12.1 Å². The van der Waals surface area contributed by atoms with Crippen LogP contribution in [0.25, 0.3) is 10.9 Å². The average Bonchev–Trinajstić information content (AvgIpc) is 3.06. The third-order valence-corrected chi connectivity index (χ3v) is 4.58. The van der Waals surface area contributed by atoms with Gasteiger partial charge in [0.05, 0.1) is 12.8 Å². The molecular formula is C17H18N2OS. The monoisotopic (exact) mass is 298 g/mol. The highest BCUT2D eigenvalue weighted by molar-refractivity contribution is 7.10. The van der Waals surface area contributed by atoms with E-state index in [0.29, 0.717) is 6.04 Å². The molecular weight excluding hydrogens is 280 g/mol. The number of methoxy groups -OCH3 is 1. The molecule has 3 aromatic rings. The van der Waals surface area contributed by atoms with Crippen LogP contribution in [-0.2, 0) is 6.54 Å². The van der Waals surface area contributed by atoms with Crippen molar-refractivity contribution >= 4 is 22.2 Å². The zero-order valence-corrected chi connectivity index (χ0v) is 13.0. The Morgan fingerprint density at radius 1 is 1.19 bits per heavy atom. The number of aromatic nitrogens is 1. The number of rotatable bonds is 5. The molecule has 108 valence electrons. The number of nitrogens with one attached hydrogen (secondary N) is 1. The second-order valence-corrected chi connectivity index (χ2v) is 5.93. The third-order valence-electron chi connectivity index (χ3n) is 3.52. The van der Waals surface area contributed by atoms with Crippen LogP contribution in [0.15, 0.2) is 47.8 Å². The molecule has 4 heteroatoms. The first-order valence-electron chi connectivity index (χ1n) is 6.97. The van der Waals surface area contributed by atoms with Gasteiger partial charge in [-0.15, -0.1) is 11.3 Å². The zero-order chi connectivity index (χ0) is 14.7. The minimum atomic E-state index is 0.333. The van der Waals surface area contributed by atoms with Crippen molar-refractivity contribution in [1.82, 2.24) is 10.3 Å². The van der Waals surface area contributed by atoms with Gasteiger partial charge in [-0.1, -0.05) is 24.3 Å². The zero-order valence-electron chi connectivity index (χ0n) is 12.2. The fourth-order valence-electron chi connectivity index (χ4n) is 2.32. The van der Waals surface area contributed by atoms with E-state index < -0.39 is 0 Å². The molecule has 0 saturated heterocycles. The molecule has 1 aromatic carbocycles. The van der Waals surface area contributed by atoms with E-state index in [1.165, 1.54) is 4.88 Å². The van der Waals surface area contributed by atoms with Crippen LogP contribution in [0.2, 0.25) is 0 Å². The molecule has 0 bridgehead atoms. The summed E-state index contributed by atoms with van der Waals surface area (Å²) in [5.74, 6) is 0.820. The van der Waals surface area contributed by atoms with Gasteiger partial charge in [0.2, 0.25) is 0 Å². The van der Waals surface area contributed by atoms with E-state index in [1.54, 1.807) is 18.4 Å². The van der Waals surface area contributed by atoms with Crippen molar-refractivity contribution in [2.45, 2.75) is 19.5 Å². The molecule has 1 N–H and O–H groups in total. The van der Waals surface area contributed by atoms with E-state index in [1.807, 2.05) is 12.1 Å². The van der Waals surface area contributed by atoms with Crippen molar-refractivity contribution in [1.29, 1.82) is 0 Å². The van der Waals surface area contributed by atoms with Crippen molar-refractivity contribution < 1.29 is 4.74 Å². The van der Waals surface area contributed by atoms with Crippen LogP contribution in [0, 0.1) is 0 Å². The molecule has 0 amide bonds. The van der Waals surface area contributed by atoms with Crippen LogP contribution in [0.3, 0.4) is 0 Å². The predicted octanol–water partition coefficient (Wildman–Crippen LogP) is 4.16. The Kier molecular flexibility index (Phi) is 4.18. The summed E-state index contributed by atoms with van der Waals surface area (Å²) in [6.07, 6.45) is 0. The van der Waals surface area contributed by atoms with Crippen LogP contribution >= 0.6 is 11.3 Å². The highest BCUT2D eigenvalue weighted by Gasteiger charge is 2.07. The Hall–Kier alpha value is -1.91. The predicted molar refractivity (Wildman–Crippen MR) is 87.9 cm³/mol. The standard InChI is InChI=1S/C17H18N2OS/c1-12(16-7-4-10-21-16)18-11-14-9-8-13-5-3-6-15(20-2)17(13)19-14/h3-10,12,18H,11H2,1-2H3/t12-/m1/s1. The van der Waals surface area contributed by atoms with Crippen LogP contribution in [0.4, 0.5) is 0 Å². The van der Waals surface area contributed by atoms with Gasteiger partial charge in [-0.3, -0.25) is 0 Å². The van der Waals surface area contributed by atoms with Gasteiger partial charge in [0, 0.05) is 22.8 Å². The molecule has 21 heavy (non-hydrogen) atoms. The highest BCUT2D eigenvalue weighted by Crippen LogP contribution is 2.24. The molecule has 0 unspecified atom stereocenters. The van der Waals surface area contributed by atoms with Gasteiger partial charge in [-0.05, 0) is 30.5 Å². The average molecular weight is 298 g/mol. The first-order chi connectivity index (χ1) is 10.3. The lowest BCUT2D eigenvalue weighted by Gasteiger charge is -2.12. The smallest absolute Gasteiger partial charge is 0.145 e. The summed E-state index contributed by atoms with van der Waals surface area (Å²) in [6, 6.07) is 14.7. The first kappa shape index (κ1) is 14.0. The molecule has 0 aliphatic carbocycles. The van der Waals surface area contributed by atoms with Gasteiger partial charge < -0.3 is 10.1 Å². The number of nitrogens with zero attached hydrogens (tertiary/aromatic N) is 1. The summed E-state index contributed by atoms with van der Waals surface area (Å²) in [5.41, 5.74) is 1.94. The quantitative estimate of drug-likeness (QED) is 0.768. The number of thiophene rings is 1. The van der Waals surface area contributed by atoms with Crippen molar-refractivity contribution in [3.8, 4) is 5.75 Å². The Morgan fingerprint density at radius 2 is 2.10 bits per heavy atom. The van der Waals surface area contributed by atoms with Crippen molar-refractivity contribution in [2.24, 2.45) is 0 Å². The summed E-state index contributed by atoms with van der Waals surface area (Å²) in [5, 5.41) is 6.72. The molecule has 0 spiro atoms. The number of benzene rings is 1. The lowest BCUT2D eigenvalue weighted by Crippen LogP contribution is -2.17. The SMILES string of the molecule is COc1cccc2ccc(CN[C@H](C)c3cccs3)nc12. The number of para-hydroxylation sites is 1. The van der Waals surface area contributed by atoms with Crippen molar-refractivity contribution in [3.05, 3.63) is 58.4 Å². The van der Waals surface area contributed by atoms with Gasteiger partial charge >= 0.3 is 0 Å². The topological polar surface area (TPSA) is 34.1 Å². The minimum absolute atomic E-state index is 0.333. The maximum atomic E-state index is 5.39. The summed E-state index contributed by atoms with van der Waals surface area (Å²) >= 11 is 1.77. The molecule has 0 aliphatic heterocycles. The van der Waals surface area contributed by atoms with E-state index in [2.05, 4.69) is 48.0 Å². The van der Waals surface area contributed by atoms with Crippen molar-refractivity contribution in [2.75, 3.05) is 7.11 Å². The Labute approximate surface area is 128 Å². The van der Waals surface area contributed by atoms with Gasteiger partial charge in [0.15, 0.2) is 0 Å². The van der Waals surface area contributed by atoms with Crippen LogP contribution in [0.1, 0.15) is 23.5 Å². The molecule has 2 aromatic heterocycles. The maximum absolute atomic E-state index is 5.39. The summed E-state index contributed by atoms with van der Waals surface area (Å²) in [4.78, 5) is 6.06. The number of hydrogen-bond acceptors (Lipinski definition) is 4. The molecule has 2 heterocycles. The Morgan fingerprint density at radius 3 is 2.86 bits per heavy atom. The molecule has 3 rings (SSSR count). The van der Waals surface area contributed by atoms with Gasteiger partial charge in [0.25, 0.3) is 0 Å². The van der Waals surface area contributed by atoms with Gasteiger partial charge in [0.1, 0.15) is 11.3 Å². The lowest BCUT2D eigenvalue weighted by atomic mass is 10.2. The second-order valence-electron chi connectivity index (χ2n) is 4.95. The molecule has 0 aliphatic rings. The van der Waals surface area contributed by atoms with E-state index >= 15 is 0 Å². The van der Waals surface area contributed by atoms with Crippen LogP contribution in [0.5, 0.6) is 5.75 Å². The van der Waals surface area contributed by atoms with E-state index in [4.69, 9.17) is 9.72 Å². The van der Waals surface area contributed by atoms with E-state index in [0.717, 1.165) is 28.9 Å². The number of fused-ring (bicyclic) bond motifs is 1. The number of hydrogen-bond donors (Lipinski definition) is 1. The molecule has 1 atom stereocenters. The summed E-state index contributed by atoms with van der Waals surface area (Å²) < 4.78 is 5.39. The van der Waals surface area contributed by atoms with Crippen LogP contribution < -0.4 is 10.1 Å². The summed E-state index contributed by atoms with van der Waals surface area (Å²) in [6.45, 7) is 2.92. The summed E-state index contributed by atoms with van der Waals surface area (Å²) in [7, 11) is 1.68. The molecule has 0 radical (unpaired) electrons. The van der Waals surface area contributed by atoms with E-state index in [-0.39, 0.29) is 0 Å². The Bertz CT molecular complexity index is 725. The molecule has 0 saturated carbocycles. The maximum Gasteiger partial charge on any atom is 0.145 e.